The van der Waals surface area contributed by atoms with Crippen LogP contribution in [0.4, 0.5) is 17.1 Å². The number of thiophene rings is 1. The maximum absolute atomic E-state index is 2.42. The highest BCUT2D eigenvalue weighted by Crippen LogP contribution is 2.46. The summed E-state index contributed by atoms with van der Waals surface area (Å²) in [4.78, 5) is 2.42. The van der Waals surface area contributed by atoms with E-state index < -0.39 is 0 Å². The standard InChI is InChI=1S/C62H41NS/c1-3-15-42(16-4-1)45-20-13-21-46(37-45)44-29-32-50(33-30-44)63(51-23-14-22-47(38-51)43-17-5-2-6-18-43)52-34-35-56(59-39-48-19-7-8-24-53(48)54-25-9-10-26-55(54)59)58(41-52)49-31-36-62-60(40-49)57-27-11-12-28-61(57)64-62/h1-41H. The molecule has 0 fully saturated rings. The second-order valence-corrected chi connectivity index (χ2v) is 17.6. The average Bonchev–Trinajstić information content (AvgIpc) is 3.75. The number of hydrogen-bond donors (Lipinski definition) is 0. The zero-order valence-corrected chi connectivity index (χ0v) is 35.8. The first-order valence-corrected chi connectivity index (χ1v) is 22.7. The first-order chi connectivity index (χ1) is 31.7. The third-order valence-electron chi connectivity index (χ3n) is 12.6. The van der Waals surface area contributed by atoms with Crippen LogP contribution in [0.25, 0.3) is 97.4 Å². The second-order valence-electron chi connectivity index (χ2n) is 16.5. The number of anilines is 3. The summed E-state index contributed by atoms with van der Waals surface area (Å²) in [7, 11) is 0. The van der Waals surface area contributed by atoms with Gasteiger partial charge < -0.3 is 4.90 Å². The van der Waals surface area contributed by atoms with E-state index in [0.717, 1.165) is 17.1 Å². The zero-order chi connectivity index (χ0) is 42.4. The van der Waals surface area contributed by atoms with Gasteiger partial charge in [0.05, 0.1) is 0 Å². The van der Waals surface area contributed by atoms with Crippen molar-refractivity contribution in [2.75, 3.05) is 4.90 Å². The Hall–Kier alpha value is -8.04. The van der Waals surface area contributed by atoms with E-state index in [2.05, 4.69) is 254 Å². The van der Waals surface area contributed by atoms with Crippen LogP contribution in [-0.2, 0) is 0 Å². The van der Waals surface area contributed by atoms with E-state index in [1.807, 2.05) is 11.3 Å². The molecule has 1 heterocycles. The van der Waals surface area contributed by atoms with Gasteiger partial charge in [0.2, 0.25) is 0 Å². The van der Waals surface area contributed by atoms with Crippen LogP contribution >= 0.6 is 11.3 Å². The Morgan fingerprint density at radius 2 is 0.766 bits per heavy atom. The molecule has 0 N–H and O–H groups in total. The fourth-order valence-corrected chi connectivity index (χ4v) is 10.6. The van der Waals surface area contributed by atoms with Crippen molar-refractivity contribution in [3.05, 3.63) is 249 Å². The highest BCUT2D eigenvalue weighted by molar-refractivity contribution is 7.25. The van der Waals surface area contributed by atoms with Gasteiger partial charge in [-0.05, 0) is 144 Å². The first-order valence-electron chi connectivity index (χ1n) is 21.9. The minimum atomic E-state index is 1.09. The summed E-state index contributed by atoms with van der Waals surface area (Å²) in [5.41, 5.74) is 15.2. The molecule has 12 aromatic rings. The van der Waals surface area contributed by atoms with Gasteiger partial charge in [-0.2, -0.15) is 0 Å². The summed E-state index contributed by atoms with van der Waals surface area (Å²) in [5, 5.41) is 7.60. The van der Waals surface area contributed by atoms with Crippen LogP contribution in [-0.4, -0.2) is 0 Å². The van der Waals surface area contributed by atoms with Gasteiger partial charge in [0, 0.05) is 37.2 Å². The fourth-order valence-electron chi connectivity index (χ4n) is 9.53. The molecule has 0 bridgehead atoms. The zero-order valence-electron chi connectivity index (χ0n) is 35.0. The molecule has 0 saturated heterocycles. The Balaban J connectivity index is 1.07. The molecular weight excluding hydrogens is 791 g/mol. The largest absolute Gasteiger partial charge is 0.310 e. The van der Waals surface area contributed by atoms with E-state index in [1.54, 1.807) is 0 Å². The molecule has 1 aromatic heterocycles. The molecule has 300 valence electrons. The minimum Gasteiger partial charge on any atom is -0.310 e. The molecule has 0 aliphatic carbocycles. The van der Waals surface area contributed by atoms with Gasteiger partial charge >= 0.3 is 0 Å². The maximum atomic E-state index is 2.42. The van der Waals surface area contributed by atoms with Gasteiger partial charge in [-0.1, -0.05) is 182 Å². The molecular formula is C62H41NS. The van der Waals surface area contributed by atoms with Crippen LogP contribution < -0.4 is 4.90 Å². The summed E-state index contributed by atoms with van der Waals surface area (Å²) < 4.78 is 2.61. The molecule has 64 heavy (non-hydrogen) atoms. The van der Waals surface area contributed by atoms with Gasteiger partial charge in [0.15, 0.2) is 0 Å². The van der Waals surface area contributed by atoms with Gasteiger partial charge in [-0.25, -0.2) is 0 Å². The van der Waals surface area contributed by atoms with Gasteiger partial charge in [-0.3, -0.25) is 0 Å². The molecule has 0 radical (unpaired) electrons. The fraction of sp³-hybridized carbons (Fsp3) is 0. The van der Waals surface area contributed by atoms with Gasteiger partial charge in [0.1, 0.15) is 0 Å². The van der Waals surface area contributed by atoms with Crippen LogP contribution in [0.5, 0.6) is 0 Å². The maximum Gasteiger partial charge on any atom is 0.0468 e. The summed E-state index contributed by atoms with van der Waals surface area (Å²) in [6.45, 7) is 0. The topological polar surface area (TPSA) is 3.24 Å². The molecule has 11 aromatic carbocycles. The predicted octanol–water partition coefficient (Wildman–Crippen LogP) is 18.2. The first kappa shape index (κ1) is 37.7. The molecule has 0 aliphatic rings. The van der Waals surface area contributed by atoms with Crippen LogP contribution in [0.2, 0.25) is 0 Å². The van der Waals surface area contributed by atoms with E-state index in [-0.39, 0.29) is 0 Å². The van der Waals surface area contributed by atoms with Crippen molar-refractivity contribution >= 4 is 70.1 Å². The molecule has 0 spiro atoms. The Kier molecular flexibility index (Phi) is 9.43. The minimum absolute atomic E-state index is 1.09. The average molecular weight is 832 g/mol. The molecule has 2 heteroatoms. The number of nitrogens with zero attached hydrogens (tertiary/aromatic N) is 1. The molecule has 0 atom stereocenters. The van der Waals surface area contributed by atoms with Crippen LogP contribution in [0.1, 0.15) is 0 Å². The quantitative estimate of drug-likeness (QED) is 0.138. The van der Waals surface area contributed by atoms with E-state index in [1.165, 1.54) is 97.4 Å². The molecule has 0 unspecified atom stereocenters. The monoisotopic (exact) mass is 831 g/mol. The SMILES string of the molecule is c1ccc(-c2cccc(-c3ccc(N(c4cccc(-c5ccccc5)c4)c4ccc(-c5cc6ccccc6c6ccccc56)c(-c5ccc6sc7ccccc7c6c5)c4)cc3)c2)cc1. The third-order valence-corrected chi connectivity index (χ3v) is 13.8. The molecule has 1 nitrogen and oxygen atoms in total. The normalized spacial score (nSPS) is 11.4. The Bertz CT molecular complexity index is 3660. The van der Waals surface area contributed by atoms with Gasteiger partial charge in [-0.15, -0.1) is 11.3 Å². The lowest BCUT2D eigenvalue weighted by Gasteiger charge is -2.28. The van der Waals surface area contributed by atoms with Crippen molar-refractivity contribution < 1.29 is 0 Å². The Labute approximate surface area is 377 Å². The summed E-state index contributed by atoms with van der Waals surface area (Å²) in [6.07, 6.45) is 0. The van der Waals surface area contributed by atoms with E-state index >= 15 is 0 Å². The Morgan fingerprint density at radius 1 is 0.234 bits per heavy atom. The highest BCUT2D eigenvalue weighted by Gasteiger charge is 2.20. The van der Waals surface area contributed by atoms with Crippen LogP contribution in [0.15, 0.2) is 249 Å². The van der Waals surface area contributed by atoms with Crippen molar-refractivity contribution in [2.24, 2.45) is 0 Å². The summed E-state index contributed by atoms with van der Waals surface area (Å²) in [5.74, 6) is 0. The Morgan fingerprint density at radius 3 is 1.52 bits per heavy atom. The lowest BCUT2D eigenvalue weighted by Crippen LogP contribution is -2.10. The molecule has 12 rings (SSSR count). The number of benzene rings is 11. The second kappa shape index (κ2) is 16.0. The molecule has 0 saturated carbocycles. The lowest BCUT2D eigenvalue weighted by molar-refractivity contribution is 1.28. The predicted molar refractivity (Wildman–Crippen MR) is 276 cm³/mol. The van der Waals surface area contributed by atoms with Crippen molar-refractivity contribution in [1.29, 1.82) is 0 Å². The van der Waals surface area contributed by atoms with Crippen molar-refractivity contribution in [1.82, 2.24) is 0 Å². The van der Waals surface area contributed by atoms with E-state index in [9.17, 15) is 0 Å². The van der Waals surface area contributed by atoms with Gasteiger partial charge in [0.25, 0.3) is 0 Å². The number of hydrogen-bond acceptors (Lipinski definition) is 2. The van der Waals surface area contributed by atoms with E-state index in [4.69, 9.17) is 0 Å². The van der Waals surface area contributed by atoms with Crippen molar-refractivity contribution in [3.63, 3.8) is 0 Å². The van der Waals surface area contributed by atoms with Crippen LogP contribution in [0.3, 0.4) is 0 Å². The highest BCUT2D eigenvalue weighted by atomic mass is 32.1. The summed E-state index contributed by atoms with van der Waals surface area (Å²) >= 11 is 1.86. The molecule has 0 amide bonds. The molecule has 0 aliphatic heterocycles. The number of fused-ring (bicyclic) bond motifs is 6. The summed E-state index contributed by atoms with van der Waals surface area (Å²) in [6, 6.07) is 91.1. The van der Waals surface area contributed by atoms with Crippen molar-refractivity contribution in [3.8, 4) is 55.6 Å². The van der Waals surface area contributed by atoms with Crippen LogP contribution in [0, 0.1) is 0 Å². The third kappa shape index (κ3) is 6.82. The smallest absolute Gasteiger partial charge is 0.0468 e. The lowest BCUT2D eigenvalue weighted by atomic mass is 9.88. The number of rotatable bonds is 8. The van der Waals surface area contributed by atoms with E-state index in [0.29, 0.717) is 0 Å². The van der Waals surface area contributed by atoms with Crippen molar-refractivity contribution in [2.45, 2.75) is 0 Å².